The average Bonchev–Trinajstić information content (AvgIpc) is 2.84. The van der Waals surface area contributed by atoms with Crippen LogP contribution in [0, 0.1) is 26.2 Å². The molecule has 0 saturated heterocycles. The number of terminal acetylenes is 1. The fourth-order valence-electron chi connectivity index (χ4n) is 4.64. The van der Waals surface area contributed by atoms with Gasteiger partial charge in [0.25, 0.3) is 10.0 Å². The summed E-state index contributed by atoms with van der Waals surface area (Å²) in [5.74, 6) is 0.737. The molecule has 0 amide bonds. The van der Waals surface area contributed by atoms with Crippen molar-refractivity contribution >= 4 is 44.1 Å². The van der Waals surface area contributed by atoms with Gasteiger partial charge in [-0.3, -0.25) is 13.9 Å². The van der Waals surface area contributed by atoms with Gasteiger partial charge in [0.05, 0.1) is 30.7 Å². The van der Waals surface area contributed by atoms with Crippen LogP contribution in [0.25, 0.3) is 10.8 Å². The molecule has 3 rings (SSSR count). The molecule has 0 bridgehead atoms. The van der Waals surface area contributed by atoms with Crippen LogP contribution in [0.1, 0.15) is 24.5 Å². The quantitative estimate of drug-likeness (QED) is 0.351. The van der Waals surface area contributed by atoms with E-state index in [1.807, 2.05) is 0 Å². The summed E-state index contributed by atoms with van der Waals surface area (Å²) >= 11 is 0. The first kappa shape index (κ1) is 28.3. The zero-order chi connectivity index (χ0) is 28.2. The molecule has 0 spiro atoms. The number of benzene rings is 3. The van der Waals surface area contributed by atoms with E-state index in [1.165, 1.54) is 13.2 Å². The lowest BCUT2D eigenvalue weighted by Gasteiger charge is -2.31. The average molecular weight is 539 g/mol. The molecule has 0 aliphatic rings. The highest BCUT2D eigenvalue weighted by atomic mass is 32.2. The monoisotopic (exact) mass is 538 g/mol. The number of nitrogens with zero attached hydrogens (tertiary/aromatic N) is 2. The van der Waals surface area contributed by atoms with E-state index >= 15 is 0 Å². The second-order valence-electron chi connectivity index (χ2n) is 8.92. The summed E-state index contributed by atoms with van der Waals surface area (Å²) in [5, 5.41) is 20.1. The third-order valence-electron chi connectivity index (χ3n) is 6.22. The Morgan fingerprint density at radius 2 is 1.55 bits per heavy atom. The molecule has 0 fully saturated rings. The Balaban J connectivity index is 2.28. The van der Waals surface area contributed by atoms with E-state index < -0.39 is 34.5 Å². The first-order chi connectivity index (χ1) is 17.9. The Hall–Kier alpha value is -4.23. The standard InChI is InChI=1S/C28H30N2O7S/c1-6-13-29(20(4)16-26(31)32)24-11-12-25(23-10-8-7-9-22(23)24)30(17-27(33)34)38(35,36)28-18(2)14-21(37-5)15-19(28)3/h1,7-12,14-15,20H,13,16-17H2,2-5H3,(H,31,32)(H,33,34)/t20-/m0/s1. The van der Waals surface area contributed by atoms with Crippen molar-refractivity contribution in [3.63, 3.8) is 0 Å². The van der Waals surface area contributed by atoms with E-state index in [-0.39, 0.29) is 23.5 Å². The van der Waals surface area contributed by atoms with Crippen molar-refractivity contribution < 1.29 is 33.0 Å². The van der Waals surface area contributed by atoms with Gasteiger partial charge in [0, 0.05) is 22.5 Å². The molecule has 0 aromatic heterocycles. The summed E-state index contributed by atoms with van der Waals surface area (Å²) in [6, 6.07) is 12.8. The molecule has 0 heterocycles. The van der Waals surface area contributed by atoms with E-state index in [0.29, 0.717) is 33.3 Å². The third-order valence-corrected chi connectivity index (χ3v) is 8.28. The minimum Gasteiger partial charge on any atom is -0.497 e. The number of carboxylic acids is 2. The molecule has 0 saturated carbocycles. The predicted octanol–water partition coefficient (Wildman–Crippen LogP) is 4.05. The molecule has 0 radical (unpaired) electrons. The Labute approximate surface area is 222 Å². The summed E-state index contributed by atoms with van der Waals surface area (Å²) in [7, 11) is -2.85. The number of anilines is 2. The number of carboxylic acid groups (broad SMARTS) is 2. The van der Waals surface area contributed by atoms with E-state index in [1.54, 1.807) is 68.1 Å². The van der Waals surface area contributed by atoms with Crippen molar-refractivity contribution in [2.45, 2.75) is 38.1 Å². The highest BCUT2D eigenvalue weighted by Crippen LogP contribution is 2.38. The topological polar surface area (TPSA) is 124 Å². The van der Waals surface area contributed by atoms with E-state index in [2.05, 4.69) is 5.92 Å². The van der Waals surface area contributed by atoms with Gasteiger partial charge in [-0.25, -0.2) is 8.42 Å². The second-order valence-corrected chi connectivity index (χ2v) is 10.7. The predicted molar refractivity (Wildman–Crippen MR) is 146 cm³/mol. The number of hydrogen-bond donors (Lipinski definition) is 2. The molecule has 0 aliphatic carbocycles. The summed E-state index contributed by atoms with van der Waals surface area (Å²) in [4.78, 5) is 25.0. The minimum absolute atomic E-state index is 0.00301. The van der Waals surface area contributed by atoms with Gasteiger partial charge in [0.2, 0.25) is 0 Å². The number of fused-ring (bicyclic) bond motifs is 1. The van der Waals surface area contributed by atoms with Gasteiger partial charge in [-0.05, 0) is 56.2 Å². The largest absolute Gasteiger partial charge is 0.497 e. The number of aryl methyl sites for hydroxylation is 2. The Morgan fingerprint density at radius 3 is 2.05 bits per heavy atom. The lowest BCUT2D eigenvalue weighted by Crippen LogP contribution is -2.37. The minimum atomic E-state index is -4.33. The maximum Gasteiger partial charge on any atom is 0.324 e. The Kier molecular flexibility index (Phi) is 8.53. The third kappa shape index (κ3) is 5.68. The first-order valence-electron chi connectivity index (χ1n) is 11.8. The number of aliphatic carboxylic acids is 2. The summed E-state index contributed by atoms with van der Waals surface area (Å²) in [6.07, 6.45) is 5.42. The van der Waals surface area contributed by atoms with Crippen LogP contribution in [-0.4, -0.2) is 56.8 Å². The molecule has 38 heavy (non-hydrogen) atoms. The maximum atomic E-state index is 14.0. The van der Waals surface area contributed by atoms with Crippen LogP contribution in [0.3, 0.4) is 0 Å². The van der Waals surface area contributed by atoms with Gasteiger partial charge in [0.1, 0.15) is 12.3 Å². The molecule has 9 nitrogen and oxygen atoms in total. The first-order valence-corrected chi connectivity index (χ1v) is 13.2. The Morgan fingerprint density at radius 1 is 1.00 bits per heavy atom. The zero-order valence-electron chi connectivity index (χ0n) is 21.6. The number of rotatable bonds is 11. The lowest BCUT2D eigenvalue weighted by molar-refractivity contribution is -0.137. The molecule has 3 aromatic rings. The number of carbonyl (C=O) groups is 2. The molecule has 0 unspecified atom stereocenters. The Bertz CT molecular complexity index is 1500. The highest BCUT2D eigenvalue weighted by Gasteiger charge is 2.32. The fourth-order valence-corrected chi connectivity index (χ4v) is 6.49. The molecular formula is C28H30N2O7S. The number of methoxy groups -OCH3 is 1. The van der Waals surface area contributed by atoms with Crippen molar-refractivity contribution in [1.82, 2.24) is 0 Å². The summed E-state index contributed by atoms with van der Waals surface area (Å²) < 4.78 is 34.2. The van der Waals surface area contributed by atoms with Crippen LogP contribution in [0.2, 0.25) is 0 Å². The van der Waals surface area contributed by atoms with Gasteiger partial charge in [-0.1, -0.05) is 30.2 Å². The van der Waals surface area contributed by atoms with Crippen LogP contribution in [0.15, 0.2) is 53.4 Å². The molecular weight excluding hydrogens is 508 g/mol. The summed E-state index contributed by atoms with van der Waals surface area (Å²) in [6.45, 7) is 4.32. The molecule has 0 aliphatic heterocycles. The van der Waals surface area contributed by atoms with Gasteiger partial charge in [-0.15, -0.1) is 6.42 Å². The molecule has 10 heteroatoms. The molecule has 2 N–H and O–H groups in total. The van der Waals surface area contributed by atoms with E-state index in [4.69, 9.17) is 11.2 Å². The number of ether oxygens (including phenoxy) is 1. The van der Waals surface area contributed by atoms with Crippen molar-refractivity contribution in [1.29, 1.82) is 0 Å². The lowest BCUT2D eigenvalue weighted by atomic mass is 10.0. The molecule has 3 aromatic carbocycles. The van der Waals surface area contributed by atoms with Gasteiger partial charge in [-0.2, -0.15) is 0 Å². The van der Waals surface area contributed by atoms with Crippen LogP contribution in [-0.2, 0) is 19.6 Å². The van der Waals surface area contributed by atoms with Gasteiger partial charge < -0.3 is 19.8 Å². The van der Waals surface area contributed by atoms with E-state index in [9.17, 15) is 28.2 Å². The van der Waals surface area contributed by atoms with Gasteiger partial charge in [0.15, 0.2) is 0 Å². The molecule has 200 valence electrons. The van der Waals surface area contributed by atoms with Crippen molar-refractivity contribution in [3.8, 4) is 18.1 Å². The van der Waals surface area contributed by atoms with Crippen LogP contribution in [0.5, 0.6) is 5.75 Å². The van der Waals surface area contributed by atoms with Crippen LogP contribution >= 0.6 is 0 Å². The van der Waals surface area contributed by atoms with E-state index in [0.717, 1.165) is 4.31 Å². The fraction of sp³-hybridized carbons (Fsp3) is 0.286. The van der Waals surface area contributed by atoms with Gasteiger partial charge >= 0.3 is 11.9 Å². The normalized spacial score (nSPS) is 12.0. The van der Waals surface area contributed by atoms with Crippen molar-refractivity contribution in [2.24, 2.45) is 0 Å². The number of hydrogen-bond acceptors (Lipinski definition) is 6. The van der Waals surface area contributed by atoms with Crippen LogP contribution in [0.4, 0.5) is 11.4 Å². The van der Waals surface area contributed by atoms with Crippen LogP contribution < -0.4 is 13.9 Å². The van der Waals surface area contributed by atoms with Crippen molar-refractivity contribution in [2.75, 3.05) is 29.4 Å². The zero-order valence-corrected chi connectivity index (χ0v) is 22.4. The smallest absolute Gasteiger partial charge is 0.324 e. The maximum absolute atomic E-state index is 14.0. The van der Waals surface area contributed by atoms with Crippen molar-refractivity contribution in [3.05, 3.63) is 59.7 Å². The number of sulfonamides is 1. The highest BCUT2D eigenvalue weighted by molar-refractivity contribution is 7.93. The SMILES string of the molecule is C#CCN(c1ccc(N(CC(=O)O)S(=O)(=O)c2c(C)cc(OC)cc2C)c2ccccc12)[C@@H](C)CC(=O)O. The summed E-state index contributed by atoms with van der Waals surface area (Å²) in [5.41, 5.74) is 1.62. The molecule has 1 atom stereocenters. The second kappa shape index (κ2) is 11.4.